The Morgan fingerprint density at radius 3 is 2.61 bits per heavy atom. The number of hydrogen-bond acceptors (Lipinski definition) is 7. The van der Waals surface area contributed by atoms with Gasteiger partial charge in [-0.3, -0.25) is 14.7 Å². The minimum atomic E-state index is -0.734. The molecule has 0 saturated carbocycles. The van der Waals surface area contributed by atoms with Crippen LogP contribution >= 0.6 is 0 Å². The lowest BCUT2D eigenvalue weighted by Crippen LogP contribution is -2.37. The Morgan fingerprint density at radius 1 is 1.09 bits per heavy atom. The summed E-state index contributed by atoms with van der Waals surface area (Å²) in [5.41, 5.74) is 11.6. The van der Waals surface area contributed by atoms with Crippen molar-refractivity contribution in [1.29, 1.82) is 0 Å². The van der Waals surface area contributed by atoms with E-state index in [1.54, 1.807) is 0 Å². The van der Waals surface area contributed by atoms with Gasteiger partial charge in [-0.25, -0.2) is 4.98 Å². The van der Waals surface area contributed by atoms with Crippen LogP contribution in [0.1, 0.15) is 100 Å². The molecule has 1 saturated heterocycles. The van der Waals surface area contributed by atoms with E-state index >= 15 is 0 Å². The molecule has 2 aromatic carbocycles. The second kappa shape index (κ2) is 15.8. The number of likely N-dealkylation sites (tertiary alicyclic amines) is 1. The van der Waals surface area contributed by atoms with Gasteiger partial charge in [-0.15, -0.1) is 5.53 Å². The molecule has 0 radical (unpaired) electrons. The Morgan fingerprint density at radius 2 is 1.87 bits per heavy atom. The SMILES string of the molecule is CCCN1C=C(CCC(c2ccc(C)c(Cn3ccnc3CN3CCC(CC)CC3)c2)C(C)(C)C(=O)OCc2ccccc2)NN1. The molecule has 8 nitrogen and oxygen atoms in total. The summed E-state index contributed by atoms with van der Waals surface area (Å²) in [6.07, 6.45) is 12.7. The van der Waals surface area contributed by atoms with Gasteiger partial charge in [-0.05, 0) is 100 Å². The number of carbonyl (C=O) groups excluding carboxylic acids is 1. The zero-order valence-electron chi connectivity index (χ0n) is 28.6. The Labute approximate surface area is 276 Å². The van der Waals surface area contributed by atoms with Crippen molar-refractivity contribution in [2.75, 3.05) is 19.6 Å². The van der Waals surface area contributed by atoms with Crippen LogP contribution in [0.2, 0.25) is 0 Å². The van der Waals surface area contributed by atoms with Crippen molar-refractivity contribution in [3.8, 4) is 0 Å². The van der Waals surface area contributed by atoms with E-state index in [-0.39, 0.29) is 18.5 Å². The lowest BCUT2D eigenvalue weighted by Gasteiger charge is -2.33. The molecule has 0 spiro atoms. The minimum Gasteiger partial charge on any atom is -0.460 e. The molecular weight excluding hydrogens is 572 g/mol. The average molecular weight is 627 g/mol. The molecule has 3 heterocycles. The number of piperidine rings is 1. The smallest absolute Gasteiger partial charge is 0.312 e. The molecule has 2 N–H and O–H groups in total. The first-order valence-corrected chi connectivity index (χ1v) is 17.3. The number of aryl methyl sites for hydroxylation is 1. The number of rotatable bonds is 15. The topological polar surface area (TPSA) is 74.7 Å². The molecule has 2 aliphatic heterocycles. The van der Waals surface area contributed by atoms with Gasteiger partial charge in [0.2, 0.25) is 0 Å². The Bertz CT molecular complexity index is 1440. The molecule has 248 valence electrons. The molecular formula is C38H54N6O2. The van der Waals surface area contributed by atoms with Gasteiger partial charge in [0.05, 0.1) is 12.0 Å². The number of imidazole rings is 1. The predicted molar refractivity (Wildman–Crippen MR) is 184 cm³/mol. The van der Waals surface area contributed by atoms with Gasteiger partial charge in [0.15, 0.2) is 0 Å². The lowest BCUT2D eigenvalue weighted by atomic mass is 9.72. The Hall–Kier alpha value is -3.62. The van der Waals surface area contributed by atoms with Gasteiger partial charge in [0, 0.05) is 37.4 Å². The zero-order valence-corrected chi connectivity index (χ0v) is 28.6. The lowest BCUT2D eigenvalue weighted by molar-refractivity contribution is -0.156. The van der Waals surface area contributed by atoms with Gasteiger partial charge in [0.25, 0.3) is 0 Å². The normalized spacial score (nSPS) is 16.7. The van der Waals surface area contributed by atoms with Crippen LogP contribution in [0.5, 0.6) is 0 Å². The van der Waals surface area contributed by atoms with Gasteiger partial charge in [0.1, 0.15) is 12.4 Å². The second-order valence-electron chi connectivity index (χ2n) is 13.7. The van der Waals surface area contributed by atoms with E-state index in [2.05, 4.69) is 76.8 Å². The van der Waals surface area contributed by atoms with Crippen molar-refractivity contribution in [3.05, 3.63) is 101 Å². The number of allylic oxidation sites excluding steroid dienone is 1. The number of hydrazine groups is 2. The van der Waals surface area contributed by atoms with Gasteiger partial charge < -0.3 is 14.7 Å². The monoisotopic (exact) mass is 626 g/mol. The highest BCUT2D eigenvalue weighted by atomic mass is 16.5. The Kier molecular flexibility index (Phi) is 11.6. The summed E-state index contributed by atoms with van der Waals surface area (Å²) >= 11 is 0. The zero-order chi connectivity index (χ0) is 32.5. The number of nitrogens with one attached hydrogen (secondary N) is 2. The summed E-state index contributed by atoms with van der Waals surface area (Å²) in [5.74, 6) is 1.76. The molecule has 3 aromatic rings. The van der Waals surface area contributed by atoms with Crippen LogP contribution in [-0.4, -0.2) is 45.1 Å². The van der Waals surface area contributed by atoms with Crippen LogP contribution in [0.3, 0.4) is 0 Å². The van der Waals surface area contributed by atoms with E-state index in [0.717, 1.165) is 75.0 Å². The van der Waals surface area contributed by atoms with E-state index in [9.17, 15) is 4.79 Å². The summed E-state index contributed by atoms with van der Waals surface area (Å²) in [5, 5.41) is 2.09. The molecule has 1 atom stereocenters. The van der Waals surface area contributed by atoms with Crippen LogP contribution in [-0.2, 0) is 29.2 Å². The third-order valence-corrected chi connectivity index (χ3v) is 10.0. The number of hydrogen-bond donors (Lipinski definition) is 2. The van der Waals surface area contributed by atoms with Crippen molar-refractivity contribution in [3.63, 3.8) is 0 Å². The number of aromatic nitrogens is 2. The quantitative estimate of drug-likeness (QED) is 0.175. The molecule has 0 bridgehead atoms. The van der Waals surface area contributed by atoms with Crippen LogP contribution < -0.4 is 11.0 Å². The highest BCUT2D eigenvalue weighted by molar-refractivity contribution is 5.77. The maximum absolute atomic E-state index is 13.8. The van der Waals surface area contributed by atoms with E-state index in [0.29, 0.717) is 0 Å². The van der Waals surface area contributed by atoms with E-state index in [1.807, 2.05) is 50.4 Å². The maximum atomic E-state index is 13.8. The third-order valence-electron chi connectivity index (χ3n) is 10.0. The highest BCUT2D eigenvalue weighted by Crippen LogP contribution is 2.42. The Balaban J connectivity index is 1.35. The summed E-state index contributed by atoms with van der Waals surface area (Å²) in [7, 11) is 0. The van der Waals surface area contributed by atoms with E-state index < -0.39 is 5.41 Å². The number of carbonyl (C=O) groups is 1. The summed E-state index contributed by atoms with van der Waals surface area (Å²) in [6, 6.07) is 16.7. The minimum absolute atomic E-state index is 0.0415. The van der Waals surface area contributed by atoms with Gasteiger partial charge in [-0.1, -0.05) is 68.8 Å². The molecule has 1 fully saturated rings. The molecule has 1 unspecified atom stereocenters. The molecule has 8 heteroatoms. The number of esters is 1. The van der Waals surface area contributed by atoms with E-state index in [1.165, 1.54) is 36.0 Å². The fraction of sp³-hybridized carbons (Fsp3) is 0.526. The van der Waals surface area contributed by atoms with Crippen LogP contribution in [0.15, 0.2) is 72.8 Å². The van der Waals surface area contributed by atoms with Gasteiger partial charge in [-0.2, -0.15) is 0 Å². The van der Waals surface area contributed by atoms with Crippen molar-refractivity contribution in [2.24, 2.45) is 11.3 Å². The third kappa shape index (κ3) is 8.59. The van der Waals surface area contributed by atoms with Crippen molar-refractivity contribution < 1.29 is 9.53 Å². The maximum Gasteiger partial charge on any atom is 0.312 e. The number of ether oxygens (including phenoxy) is 1. The first-order valence-electron chi connectivity index (χ1n) is 17.3. The van der Waals surface area contributed by atoms with Crippen LogP contribution in [0, 0.1) is 18.3 Å². The molecule has 0 aliphatic carbocycles. The predicted octanol–water partition coefficient (Wildman–Crippen LogP) is 7.07. The van der Waals surface area contributed by atoms with Crippen molar-refractivity contribution in [2.45, 2.75) is 98.8 Å². The standard InChI is InChI=1S/C38H54N6O2/c1-6-20-44-26-34(40-41-44)15-16-35(38(4,5)37(45)46-28-31-11-9-8-10-12-31)32-14-13-29(3)33(24-32)25-43-23-19-39-36(43)27-42-21-17-30(7-2)18-22-42/h8-14,19,23-24,26,30,35,40-41H,6-7,15-18,20-22,25,27-28H2,1-5H3. The first-order chi connectivity index (χ1) is 22.3. The average Bonchev–Trinajstić information content (AvgIpc) is 3.71. The van der Waals surface area contributed by atoms with Crippen molar-refractivity contribution >= 4 is 5.97 Å². The highest BCUT2D eigenvalue weighted by Gasteiger charge is 2.39. The summed E-state index contributed by atoms with van der Waals surface area (Å²) in [6.45, 7) is 15.9. The fourth-order valence-corrected chi connectivity index (χ4v) is 6.83. The molecule has 2 aliphatic rings. The first kappa shape index (κ1) is 33.7. The van der Waals surface area contributed by atoms with Crippen LogP contribution in [0.4, 0.5) is 0 Å². The van der Waals surface area contributed by atoms with Crippen LogP contribution in [0.25, 0.3) is 0 Å². The van der Waals surface area contributed by atoms with Gasteiger partial charge >= 0.3 is 5.97 Å². The molecule has 5 rings (SSSR count). The van der Waals surface area contributed by atoms with E-state index in [4.69, 9.17) is 9.72 Å². The summed E-state index contributed by atoms with van der Waals surface area (Å²) < 4.78 is 8.25. The number of benzene rings is 2. The van der Waals surface area contributed by atoms with Crippen molar-refractivity contribution in [1.82, 2.24) is 30.4 Å². The molecule has 46 heavy (non-hydrogen) atoms. The largest absolute Gasteiger partial charge is 0.460 e. The fourth-order valence-electron chi connectivity index (χ4n) is 6.83. The second-order valence-corrected chi connectivity index (χ2v) is 13.7. The molecule has 1 aromatic heterocycles. The summed E-state index contributed by atoms with van der Waals surface area (Å²) in [4.78, 5) is 21.1. The molecule has 0 amide bonds. The number of nitrogens with zero attached hydrogens (tertiary/aromatic N) is 4.